The first-order valence-corrected chi connectivity index (χ1v) is 6.39. The fourth-order valence-corrected chi connectivity index (χ4v) is 2.12. The van der Waals surface area contributed by atoms with Crippen LogP contribution in [0.2, 0.25) is 5.02 Å². The summed E-state index contributed by atoms with van der Waals surface area (Å²) in [7, 11) is 1.60. The molecule has 0 saturated heterocycles. The molecule has 0 bridgehead atoms. The summed E-state index contributed by atoms with van der Waals surface area (Å²) >= 11 is 6.09. The van der Waals surface area contributed by atoms with Gasteiger partial charge in [0, 0.05) is 19.6 Å². The predicted octanol–water partition coefficient (Wildman–Crippen LogP) is 3.62. The minimum Gasteiger partial charge on any atom is -0.373 e. The van der Waals surface area contributed by atoms with E-state index >= 15 is 0 Å². The fourth-order valence-electron chi connectivity index (χ4n) is 1.77. The number of alkyl halides is 3. The van der Waals surface area contributed by atoms with E-state index < -0.39 is 12.6 Å². The van der Waals surface area contributed by atoms with Gasteiger partial charge in [-0.05, 0) is 31.0 Å². The molecule has 19 heavy (non-hydrogen) atoms. The first-order valence-electron chi connectivity index (χ1n) is 6.01. The molecular formula is C13H18ClF3N2. The average molecular weight is 295 g/mol. The van der Waals surface area contributed by atoms with Crippen molar-refractivity contribution in [2.45, 2.75) is 32.0 Å². The second-order valence-electron chi connectivity index (χ2n) is 4.75. The van der Waals surface area contributed by atoms with Gasteiger partial charge >= 0.3 is 6.18 Å². The number of anilines is 1. The lowest BCUT2D eigenvalue weighted by atomic mass is 10.1. The van der Waals surface area contributed by atoms with E-state index in [9.17, 15) is 13.2 Å². The van der Waals surface area contributed by atoms with Gasteiger partial charge < -0.3 is 10.6 Å². The van der Waals surface area contributed by atoms with E-state index in [4.69, 9.17) is 17.3 Å². The molecule has 1 rings (SSSR count). The maximum absolute atomic E-state index is 12.2. The molecule has 0 fully saturated rings. The highest BCUT2D eigenvalue weighted by Gasteiger charge is 2.27. The molecule has 2 N–H and O–H groups in total. The average Bonchev–Trinajstić information content (AvgIpc) is 2.24. The standard InChI is InChI=1S/C13H18ClF3N2/c1-9(18)7-10-3-4-12(11(14)8-10)19(2)6-5-13(15,16)17/h3-4,8-9H,5-7,18H2,1-2H3. The Hall–Kier alpha value is -0.940. The molecule has 0 aliphatic heterocycles. The Bertz CT molecular complexity index is 419. The van der Waals surface area contributed by atoms with Crippen LogP contribution in [0.25, 0.3) is 0 Å². The van der Waals surface area contributed by atoms with Crippen molar-refractivity contribution < 1.29 is 13.2 Å². The van der Waals surface area contributed by atoms with Crippen molar-refractivity contribution in [1.82, 2.24) is 0 Å². The number of nitrogens with two attached hydrogens (primary N) is 1. The summed E-state index contributed by atoms with van der Waals surface area (Å²) in [5, 5.41) is 0.447. The third-order valence-electron chi connectivity index (χ3n) is 2.71. The quantitative estimate of drug-likeness (QED) is 0.899. The van der Waals surface area contributed by atoms with Crippen molar-refractivity contribution >= 4 is 17.3 Å². The fraction of sp³-hybridized carbons (Fsp3) is 0.538. The third kappa shape index (κ3) is 5.70. The summed E-state index contributed by atoms with van der Waals surface area (Å²) < 4.78 is 36.5. The van der Waals surface area contributed by atoms with E-state index in [1.54, 1.807) is 19.2 Å². The van der Waals surface area contributed by atoms with Crippen LogP contribution in [0.3, 0.4) is 0 Å². The molecule has 1 unspecified atom stereocenters. The molecule has 0 saturated carbocycles. The van der Waals surface area contributed by atoms with E-state index in [0.29, 0.717) is 17.1 Å². The number of halogens is 4. The van der Waals surface area contributed by atoms with E-state index in [2.05, 4.69) is 0 Å². The Labute approximate surface area is 116 Å². The second-order valence-corrected chi connectivity index (χ2v) is 5.16. The lowest BCUT2D eigenvalue weighted by molar-refractivity contribution is -0.132. The minimum atomic E-state index is -4.16. The van der Waals surface area contributed by atoms with Gasteiger partial charge in [-0.1, -0.05) is 17.7 Å². The Morgan fingerprint density at radius 2 is 2.00 bits per heavy atom. The highest BCUT2D eigenvalue weighted by atomic mass is 35.5. The minimum absolute atomic E-state index is 0.0184. The van der Waals surface area contributed by atoms with Crippen molar-refractivity contribution in [2.24, 2.45) is 5.73 Å². The first kappa shape index (κ1) is 16.1. The molecule has 1 aromatic carbocycles. The second kappa shape index (κ2) is 6.48. The molecule has 0 aromatic heterocycles. The van der Waals surface area contributed by atoms with Gasteiger partial charge in [0.1, 0.15) is 0 Å². The maximum Gasteiger partial charge on any atom is 0.390 e. The van der Waals surface area contributed by atoms with Crippen LogP contribution in [-0.4, -0.2) is 25.8 Å². The van der Waals surface area contributed by atoms with Crippen molar-refractivity contribution in [3.63, 3.8) is 0 Å². The Kier molecular flexibility index (Phi) is 5.50. The van der Waals surface area contributed by atoms with E-state index in [-0.39, 0.29) is 12.6 Å². The topological polar surface area (TPSA) is 29.3 Å². The summed E-state index contributed by atoms with van der Waals surface area (Å²) in [5.74, 6) is 0. The smallest absolute Gasteiger partial charge is 0.373 e. The van der Waals surface area contributed by atoms with Gasteiger partial charge in [-0.15, -0.1) is 0 Å². The maximum atomic E-state index is 12.2. The van der Waals surface area contributed by atoms with Crippen molar-refractivity contribution in [3.05, 3.63) is 28.8 Å². The highest BCUT2D eigenvalue weighted by molar-refractivity contribution is 6.33. The van der Waals surface area contributed by atoms with E-state index in [1.165, 1.54) is 4.90 Å². The van der Waals surface area contributed by atoms with Crippen molar-refractivity contribution in [1.29, 1.82) is 0 Å². The van der Waals surface area contributed by atoms with Crippen LogP contribution < -0.4 is 10.6 Å². The first-order chi connectivity index (χ1) is 8.69. The van der Waals surface area contributed by atoms with Gasteiger partial charge in [0.05, 0.1) is 17.1 Å². The molecule has 0 aliphatic carbocycles. The van der Waals surface area contributed by atoms with Crippen LogP contribution in [0.15, 0.2) is 18.2 Å². The molecular weight excluding hydrogens is 277 g/mol. The molecule has 108 valence electrons. The summed E-state index contributed by atoms with van der Waals surface area (Å²) in [4.78, 5) is 1.51. The number of benzene rings is 1. The van der Waals surface area contributed by atoms with Crippen molar-refractivity contribution in [2.75, 3.05) is 18.5 Å². The zero-order valence-corrected chi connectivity index (χ0v) is 11.7. The van der Waals surface area contributed by atoms with Crippen LogP contribution in [0.4, 0.5) is 18.9 Å². The van der Waals surface area contributed by atoms with Crippen molar-refractivity contribution in [3.8, 4) is 0 Å². The van der Waals surface area contributed by atoms with Crippen LogP contribution in [-0.2, 0) is 6.42 Å². The Morgan fingerprint density at radius 1 is 1.37 bits per heavy atom. The number of hydrogen-bond acceptors (Lipinski definition) is 2. The zero-order valence-electron chi connectivity index (χ0n) is 11.0. The van der Waals surface area contributed by atoms with E-state index in [0.717, 1.165) is 5.56 Å². The molecule has 0 amide bonds. The third-order valence-corrected chi connectivity index (χ3v) is 3.01. The molecule has 6 heteroatoms. The van der Waals surface area contributed by atoms with Crippen LogP contribution in [0.5, 0.6) is 0 Å². The molecule has 1 aromatic rings. The van der Waals surface area contributed by atoms with Gasteiger partial charge in [-0.2, -0.15) is 13.2 Å². The van der Waals surface area contributed by atoms with Crippen LogP contribution in [0.1, 0.15) is 18.9 Å². The van der Waals surface area contributed by atoms with Gasteiger partial charge in [0.2, 0.25) is 0 Å². The monoisotopic (exact) mass is 294 g/mol. The summed E-state index contributed by atoms with van der Waals surface area (Å²) in [6.07, 6.45) is -4.33. The summed E-state index contributed by atoms with van der Waals surface area (Å²) in [6.45, 7) is 1.77. The lowest BCUT2D eigenvalue weighted by Crippen LogP contribution is -2.24. The lowest BCUT2D eigenvalue weighted by Gasteiger charge is -2.22. The molecule has 1 atom stereocenters. The Balaban J connectivity index is 2.73. The van der Waals surface area contributed by atoms with Crippen LogP contribution in [0, 0.1) is 0 Å². The number of rotatable bonds is 5. The highest BCUT2D eigenvalue weighted by Crippen LogP contribution is 2.28. The SMILES string of the molecule is CC(N)Cc1ccc(N(C)CCC(F)(F)F)c(Cl)c1. The zero-order chi connectivity index (χ0) is 14.6. The van der Waals surface area contributed by atoms with Gasteiger partial charge in [0.15, 0.2) is 0 Å². The molecule has 0 radical (unpaired) electrons. The van der Waals surface area contributed by atoms with Crippen LogP contribution >= 0.6 is 11.6 Å². The molecule has 2 nitrogen and oxygen atoms in total. The normalized spacial score (nSPS) is 13.4. The predicted molar refractivity (Wildman–Crippen MR) is 72.7 cm³/mol. The van der Waals surface area contributed by atoms with Gasteiger partial charge in [-0.3, -0.25) is 0 Å². The van der Waals surface area contributed by atoms with Gasteiger partial charge in [0.25, 0.3) is 0 Å². The summed E-state index contributed by atoms with van der Waals surface area (Å²) in [6, 6.07) is 5.35. The molecule has 0 aliphatic rings. The van der Waals surface area contributed by atoms with E-state index in [1.807, 2.05) is 13.0 Å². The van der Waals surface area contributed by atoms with Gasteiger partial charge in [-0.25, -0.2) is 0 Å². The number of nitrogens with zero attached hydrogens (tertiary/aromatic N) is 1. The summed E-state index contributed by atoms with van der Waals surface area (Å²) in [5.41, 5.74) is 7.27. The molecule has 0 spiro atoms. The largest absolute Gasteiger partial charge is 0.390 e. The number of hydrogen-bond donors (Lipinski definition) is 1. The Morgan fingerprint density at radius 3 is 2.47 bits per heavy atom. The molecule has 0 heterocycles.